The van der Waals surface area contributed by atoms with Crippen LogP contribution in [-0.2, 0) is 14.3 Å². The van der Waals surface area contributed by atoms with Crippen molar-refractivity contribution in [1.82, 2.24) is 5.32 Å². The molecule has 0 saturated heterocycles. The first kappa shape index (κ1) is 16.5. The van der Waals surface area contributed by atoms with Crippen LogP contribution in [-0.4, -0.2) is 37.0 Å². The van der Waals surface area contributed by atoms with Gasteiger partial charge in [-0.05, 0) is 24.0 Å². The Morgan fingerprint density at radius 2 is 2.00 bits per heavy atom. The highest BCUT2D eigenvalue weighted by Gasteiger charge is 2.25. The van der Waals surface area contributed by atoms with Gasteiger partial charge in [-0.3, -0.25) is 4.79 Å². The van der Waals surface area contributed by atoms with Crippen LogP contribution < -0.4 is 11.1 Å². The molecule has 0 bridgehead atoms. The molecule has 6 heteroatoms. The molecule has 0 saturated carbocycles. The van der Waals surface area contributed by atoms with Crippen molar-refractivity contribution < 1.29 is 14.3 Å². The highest BCUT2D eigenvalue weighted by Crippen LogP contribution is 2.14. The summed E-state index contributed by atoms with van der Waals surface area (Å²) >= 11 is 1.62. The number of carbonyl (C=O) groups excluding carboxylic acids is 2. The summed E-state index contributed by atoms with van der Waals surface area (Å²) in [5.74, 6) is -0.0667. The second-order valence-corrected chi connectivity index (χ2v) is 5.25. The maximum Gasteiger partial charge on any atom is 0.333 e. The number of methoxy groups -OCH3 is 1. The van der Waals surface area contributed by atoms with Crippen molar-refractivity contribution in [3.8, 4) is 0 Å². The number of ether oxygens (including phenoxy) is 1. The zero-order valence-electron chi connectivity index (χ0n) is 11.7. The fraction of sp³-hybridized carbons (Fsp3) is 0.429. The van der Waals surface area contributed by atoms with Gasteiger partial charge in [-0.2, -0.15) is 11.8 Å². The van der Waals surface area contributed by atoms with Crippen LogP contribution in [0.2, 0.25) is 0 Å². The van der Waals surface area contributed by atoms with Crippen molar-refractivity contribution in [3.05, 3.63) is 35.9 Å². The van der Waals surface area contributed by atoms with Crippen LogP contribution in [0.5, 0.6) is 0 Å². The third kappa shape index (κ3) is 4.86. The molecular formula is C14H20N2O3S. The topological polar surface area (TPSA) is 81.4 Å². The maximum atomic E-state index is 12.0. The van der Waals surface area contributed by atoms with E-state index in [0.717, 1.165) is 5.75 Å². The summed E-state index contributed by atoms with van der Waals surface area (Å²) in [7, 11) is 1.29. The van der Waals surface area contributed by atoms with Crippen molar-refractivity contribution in [2.24, 2.45) is 5.73 Å². The van der Waals surface area contributed by atoms with Crippen molar-refractivity contribution >= 4 is 23.6 Å². The Hall–Kier alpha value is -1.53. The van der Waals surface area contributed by atoms with Crippen molar-refractivity contribution in [2.45, 2.75) is 18.5 Å². The molecule has 110 valence electrons. The van der Waals surface area contributed by atoms with Gasteiger partial charge in [-0.15, -0.1) is 0 Å². The number of nitrogens with one attached hydrogen (secondary N) is 1. The van der Waals surface area contributed by atoms with E-state index in [1.807, 2.05) is 12.3 Å². The Bertz CT molecular complexity index is 439. The Morgan fingerprint density at radius 3 is 2.55 bits per heavy atom. The second-order valence-electron chi connectivity index (χ2n) is 4.26. The first-order valence-electron chi connectivity index (χ1n) is 6.27. The molecule has 0 aliphatic rings. The van der Waals surface area contributed by atoms with E-state index < -0.39 is 18.1 Å². The molecule has 2 atom stereocenters. The molecule has 0 unspecified atom stereocenters. The van der Waals surface area contributed by atoms with Crippen molar-refractivity contribution in [2.75, 3.05) is 19.1 Å². The van der Waals surface area contributed by atoms with Crippen molar-refractivity contribution in [3.63, 3.8) is 0 Å². The largest absolute Gasteiger partial charge is 0.467 e. The number of thioether (sulfide) groups is 1. The molecule has 0 fully saturated rings. The number of nitrogens with two attached hydrogens (primary N) is 1. The number of benzene rings is 1. The van der Waals surface area contributed by atoms with Gasteiger partial charge in [0.05, 0.1) is 13.2 Å². The first-order valence-corrected chi connectivity index (χ1v) is 7.67. The number of hydrogen-bond donors (Lipinski definition) is 2. The fourth-order valence-corrected chi connectivity index (χ4v) is 2.16. The molecule has 20 heavy (non-hydrogen) atoms. The predicted octanol–water partition coefficient (Wildman–Crippen LogP) is 1.10. The van der Waals surface area contributed by atoms with Crippen LogP contribution in [0.3, 0.4) is 0 Å². The Balaban J connectivity index is 2.76. The normalized spacial score (nSPS) is 13.3. The minimum atomic E-state index is -0.825. The molecule has 1 amide bonds. The van der Waals surface area contributed by atoms with Crippen LogP contribution in [0.25, 0.3) is 0 Å². The Kier molecular flexibility index (Phi) is 7.11. The molecule has 0 heterocycles. The molecule has 0 aliphatic heterocycles. The van der Waals surface area contributed by atoms with E-state index in [2.05, 4.69) is 5.32 Å². The predicted molar refractivity (Wildman–Crippen MR) is 80.3 cm³/mol. The lowest BCUT2D eigenvalue weighted by Gasteiger charge is -2.19. The monoisotopic (exact) mass is 296 g/mol. The summed E-state index contributed by atoms with van der Waals surface area (Å²) in [6, 6.07) is 7.50. The molecule has 1 aromatic carbocycles. The van der Waals surface area contributed by atoms with E-state index >= 15 is 0 Å². The first-order chi connectivity index (χ1) is 9.60. The van der Waals surface area contributed by atoms with Gasteiger partial charge in [0.1, 0.15) is 0 Å². The lowest BCUT2D eigenvalue weighted by molar-refractivity contribution is -0.145. The van der Waals surface area contributed by atoms with E-state index in [1.165, 1.54) is 7.11 Å². The number of rotatable bonds is 7. The highest BCUT2D eigenvalue weighted by atomic mass is 32.2. The fourth-order valence-electron chi connectivity index (χ4n) is 1.67. The number of amides is 1. The third-order valence-electron chi connectivity index (χ3n) is 2.83. The third-order valence-corrected chi connectivity index (χ3v) is 3.47. The summed E-state index contributed by atoms with van der Waals surface area (Å²) in [4.78, 5) is 23.8. The van der Waals surface area contributed by atoms with Gasteiger partial charge in [-0.25, -0.2) is 4.79 Å². The number of carbonyl (C=O) groups is 2. The van der Waals surface area contributed by atoms with E-state index in [-0.39, 0.29) is 5.91 Å². The van der Waals surface area contributed by atoms with Gasteiger partial charge in [0.25, 0.3) is 0 Å². The van der Waals surface area contributed by atoms with Gasteiger partial charge < -0.3 is 15.8 Å². The SMILES string of the molecule is COC(=O)[C@@H](NC(=O)[C@@H](N)CCSC)c1ccccc1. The summed E-state index contributed by atoms with van der Waals surface area (Å²) < 4.78 is 4.73. The number of esters is 1. The van der Waals surface area contributed by atoms with Crippen LogP contribution in [0, 0.1) is 0 Å². The average Bonchev–Trinajstić information content (AvgIpc) is 2.49. The van der Waals surface area contributed by atoms with Crippen molar-refractivity contribution in [1.29, 1.82) is 0 Å². The van der Waals surface area contributed by atoms with Gasteiger partial charge >= 0.3 is 5.97 Å². The number of hydrogen-bond acceptors (Lipinski definition) is 5. The summed E-state index contributed by atoms with van der Waals surface area (Å²) in [5, 5.41) is 2.64. The minimum Gasteiger partial charge on any atom is -0.467 e. The quantitative estimate of drug-likeness (QED) is 0.736. The molecule has 0 aliphatic carbocycles. The molecule has 1 rings (SSSR count). The van der Waals surface area contributed by atoms with Crippen LogP contribution in [0.4, 0.5) is 0 Å². The lowest BCUT2D eigenvalue weighted by Crippen LogP contribution is -2.44. The zero-order valence-corrected chi connectivity index (χ0v) is 12.5. The smallest absolute Gasteiger partial charge is 0.333 e. The standard InChI is InChI=1S/C14H20N2O3S/c1-19-14(18)12(10-6-4-3-5-7-10)16-13(17)11(15)8-9-20-2/h3-7,11-12H,8-9,15H2,1-2H3,(H,16,17)/t11-,12-/m0/s1. The van der Waals surface area contributed by atoms with Crippen LogP contribution in [0.1, 0.15) is 18.0 Å². The van der Waals surface area contributed by atoms with E-state index in [4.69, 9.17) is 10.5 Å². The lowest BCUT2D eigenvalue weighted by atomic mass is 10.1. The van der Waals surface area contributed by atoms with Crippen LogP contribution in [0.15, 0.2) is 30.3 Å². The van der Waals surface area contributed by atoms with Gasteiger partial charge in [0.2, 0.25) is 5.91 Å². The minimum absolute atomic E-state index is 0.349. The van der Waals surface area contributed by atoms with E-state index in [9.17, 15) is 9.59 Å². The van der Waals surface area contributed by atoms with E-state index in [1.54, 1.807) is 36.0 Å². The molecule has 0 radical (unpaired) electrons. The van der Waals surface area contributed by atoms with E-state index in [0.29, 0.717) is 12.0 Å². The molecule has 5 nitrogen and oxygen atoms in total. The molecule has 0 spiro atoms. The molecule has 1 aromatic rings. The summed E-state index contributed by atoms with van der Waals surface area (Å²) in [6.45, 7) is 0. The summed E-state index contributed by atoms with van der Waals surface area (Å²) in [6.07, 6.45) is 2.52. The maximum absolute atomic E-state index is 12.0. The zero-order chi connectivity index (χ0) is 15.0. The van der Waals surface area contributed by atoms with Gasteiger partial charge in [0.15, 0.2) is 6.04 Å². The second kappa shape index (κ2) is 8.60. The van der Waals surface area contributed by atoms with Crippen LogP contribution >= 0.6 is 11.8 Å². The Labute approximate surface area is 123 Å². The highest BCUT2D eigenvalue weighted by molar-refractivity contribution is 7.98. The molecular weight excluding hydrogens is 276 g/mol. The average molecular weight is 296 g/mol. The van der Waals surface area contributed by atoms with Gasteiger partial charge in [-0.1, -0.05) is 30.3 Å². The Morgan fingerprint density at radius 1 is 1.35 bits per heavy atom. The van der Waals surface area contributed by atoms with Gasteiger partial charge in [0, 0.05) is 0 Å². The molecule has 0 aromatic heterocycles. The summed E-state index contributed by atoms with van der Waals surface area (Å²) in [5.41, 5.74) is 6.46. The molecule has 3 N–H and O–H groups in total.